The summed E-state index contributed by atoms with van der Waals surface area (Å²) in [5.74, 6) is -0.102. The maximum atomic E-state index is 13.9. The lowest BCUT2D eigenvalue weighted by molar-refractivity contribution is -0.139. The first-order chi connectivity index (χ1) is 19.0. The minimum atomic E-state index is -4.69. The molecule has 0 bridgehead atoms. The topological polar surface area (TPSA) is 84.9 Å². The van der Waals surface area contributed by atoms with Gasteiger partial charge in [0.2, 0.25) is 0 Å². The van der Waals surface area contributed by atoms with E-state index < -0.39 is 33.6 Å². The number of fused-ring (bicyclic) bond motifs is 3. The van der Waals surface area contributed by atoms with E-state index in [1.165, 1.54) is 22.8 Å². The number of aromatic nitrogens is 1. The van der Waals surface area contributed by atoms with Crippen molar-refractivity contribution in [3.63, 3.8) is 0 Å². The van der Waals surface area contributed by atoms with Crippen LogP contribution in [0.4, 0.5) is 18.9 Å². The number of benzene rings is 3. The minimum Gasteiger partial charge on any atom is -0.505 e. The van der Waals surface area contributed by atoms with Crippen molar-refractivity contribution in [3.8, 4) is 11.5 Å². The van der Waals surface area contributed by atoms with Crippen LogP contribution in [0.1, 0.15) is 11.1 Å². The Labute approximate surface area is 230 Å². The molecule has 3 aromatic carbocycles. The zero-order valence-corrected chi connectivity index (χ0v) is 22.4. The molecule has 0 atom stereocenters. The number of hydrogen-bond donors (Lipinski definition) is 1. The van der Waals surface area contributed by atoms with Gasteiger partial charge in [0.1, 0.15) is 16.0 Å². The summed E-state index contributed by atoms with van der Waals surface area (Å²) in [7, 11) is 5.21. The van der Waals surface area contributed by atoms with Gasteiger partial charge >= 0.3 is 11.8 Å². The molecular formula is C29H23F3N2O5S. The molecule has 0 saturated heterocycles. The number of alkyl halides is 3. The second kappa shape index (κ2) is 10.3. The van der Waals surface area contributed by atoms with Gasteiger partial charge in [-0.25, -0.2) is 4.79 Å². The molecule has 0 fully saturated rings. The Morgan fingerprint density at radius 3 is 2.38 bits per heavy atom. The summed E-state index contributed by atoms with van der Waals surface area (Å²) in [6.45, 7) is 0.101. The number of ether oxygens (including phenoxy) is 1. The predicted octanol–water partition coefficient (Wildman–Crippen LogP) is 6.11. The SMILES string of the molecule is COc1ccc(Cn2c(=O)c3c(O)c(Sc4ccccc4C(F)(F)F)c(=O)oc3c3ccc(N(C)C)cc32)cc1. The molecule has 0 saturated carbocycles. The molecule has 0 amide bonds. The molecule has 0 radical (unpaired) electrons. The maximum Gasteiger partial charge on any atom is 0.417 e. The molecule has 206 valence electrons. The van der Waals surface area contributed by atoms with Gasteiger partial charge in [0.05, 0.1) is 24.7 Å². The molecular weight excluding hydrogens is 545 g/mol. The average Bonchev–Trinajstić information content (AvgIpc) is 2.92. The number of methoxy groups -OCH3 is 1. The molecule has 1 N–H and O–H groups in total. The molecule has 0 unspecified atom stereocenters. The number of halogens is 3. The first-order valence-corrected chi connectivity index (χ1v) is 12.8. The molecule has 0 aliphatic carbocycles. The Hall–Kier alpha value is -4.38. The fourth-order valence-corrected chi connectivity index (χ4v) is 5.40. The lowest BCUT2D eigenvalue weighted by Gasteiger charge is -2.18. The van der Waals surface area contributed by atoms with Crippen LogP contribution in [0.5, 0.6) is 11.5 Å². The minimum absolute atomic E-state index is 0.101. The van der Waals surface area contributed by atoms with Crippen LogP contribution >= 0.6 is 11.8 Å². The van der Waals surface area contributed by atoms with Crippen molar-refractivity contribution in [1.29, 1.82) is 0 Å². The van der Waals surface area contributed by atoms with E-state index in [9.17, 15) is 27.9 Å². The van der Waals surface area contributed by atoms with E-state index in [2.05, 4.69) is 0 Å². The first kappa shape index (κ1) is 27.2. The number of anilines is 1. The van der Waals surface area contributed by atoms with Gasteiger partial charge in [-0.1, -0.05) is 36.0 Å². The largest absolute Gasteiger partial charge is 0.505 e. The van der Waals surface area contributed by atoms with Crippen LogP contribution in [0.15, 0.2) is 90.5 Å². The van der Waals surface area contributed by atoms with Crippen LogP contribution in [-0.4, -0.2) is 30.9 Å². The van der Waals surface area contributed by atoms with Crippen molar-refractivity contribution in [2.24, 2.45) is 0 Å². The van der Waals surface area contributed by atoms with E-state index >= 15 is 0 Å². The van der Waals surface area contributed by atoms with E-state index in [-0.39, 0.29) is 22.4 Å². The van der Waals surface area contributed by atoms with Crippen molar-refractivity contribution in [2.45, 2.75) is 22.5 Å². The Morgan fingerprint density at radius 1 is 1.02 bits per heavy atom. The average molecular weight is 569 g/mol. The normalized spacial score (nSPS) is 11.8. The van der Waals surface area contributed by atoms with E-state index in [1.807, 2.05) is 19.0 Å². The zero-order valence-electron chi connectivity index (χ0n) is 21.6. The molecule has 40 heavy (non-hydrogen) atoms. The lowest BCUT2D eigenvalue weighted by Crippen LogP contribution is -2.23. The van der Waals surface area contributed by atoms with Crippen molar-refractivity contribution >= 4 is 39.3 Å². The molecule has 2 heterocycles. The molecule has 0 aliphatic heterocycles. The van der Waals surface area contributed by atoms with Gasteiger partial charge in [-0.2, -0.15) is 13.2 Å². The van der Waals surface area contributed by atoms with E-state index in [1.54, 1.807) is 49.6 Å². The highest BCUT2D eigenvalue weighted by atomic mass is 32.2. The Bertz CT molecular complexity index is 1860. The molecule has 2 aromatic heterocycles. The summed E-state index contributed by atoms with van der Waals surface area (Å²) in [5.41, 5.74) is -0.872. The van der Waals surface area contributed by atoms with Gasteiger partial charge in [-0.15, -0.1) is 0 Å². The third-order valence-corrected chi connectivity index (χ3v) is 7.60. The van der Waals surface area contributed by atoms with Gasteiger partial charge in [-0.05, 0) is 48.0 Å². The predicted molar refractivity (Wildman–Crippen MR) is 148 cm³/mol. The Balaban J connectivity index is 1.78. The molecule has 0 spiro atoms. The lowest BCUT2D eigenvalue weighted by atomic mass is 10.1. The van der Waals surface area contributed by atoms with Crippen LogP contribution in [0.25, 0.3) is 21.9 Å². The van der Waals surface area contributed by atoms with Gasteiger partial charge < -0.3 is 23.7 Å². The second-order valence-corrected chi connectivity index (χ2v) is 10.3. The Morgan fingerprint density at radius 2 is 1.73 bits per heavy atom. The van der Waals surface area contributed by atoms with E-state index in [0.29, 0.717) is 28.4 Å². The van der Waals surface area contributed by atoms with Crippen LogP contribution < -0.4 is 20.8 Å². The van der Waals surface area contributed by atoms with E-state index in [0.717, 1.165) is 17.3 Å². The summed E-state index contributed by atoms with van der Waals surface area (Å²) in [4.78, 5) is 28.0. The highest BCUT2D eigenvalue weighted by Gasteiger charge is 2.34. The molecule has 5 aromatic rings. The third-order valence-electron chi connectivity index (χ3n) is 6.46. The first-order valence-electron chi connectivity index (χ1n) is 12.0. The fraction of sp³-hybridized carbons (Fsp3) is 0.172. The molecule has 0 aliphatic rings. The number of aromatic hydroxyl groups is 1. The van der Waals surface area contributed by atoms with Crippen LogP contribution in [0.3, 0.4) is 0 Å². The summed E-state index contributed by atoms with van der Waals surface area (Å²) < 4.78 is 53.0. The quantitative estimate of drug-likeness (QED) is 0.248. The third kappa shape index (κ3) is 4.88. The summed E-state index contributed by atoms with van der Waals surface area (Å²) in [5, 5.41) is 11.3. The maximum absolute atomic E-state index is 13.9. The van der Waals surface area contributed by atoms with Crippen molar-refractivity contribution in [3.05, 3.63) is 98.6 Å². The van der Waals surface area contributed by atoms with Gasteiger partial charge in [0.15, 0.2) is 11.3 Å². The Kier molecular flexibility index (Phi) is 7.01. The molecule has 11 heteroatoms. The van der Waals surface area contributed by atoms with Crippen molar-refractivity contribution in [2.75, 3.05) is 26.1 Å². The summed E-state index contributed by atoms with van der Waals surface area (Å²) >= 11 is 0.399. The van der Waals surface area contributed by atoms with Crippen LogP contribution in [0.2, 0.25) is 0 Å². The standard InChI is InChI=1S/C29H23F3N2O5S/c1-33(2)17-10-13-19-21(14-17)34(15-16-8-11-18(38-3)12-9-16)27(36)23-24(35)26(28(37)39-25(19)23)40-22-7-5-4-6-20(22)29(30,31)32/h4-14,35H,15H2,1-3H3. The monoisotopic (exact) mass is 568 g/mol. The number of pyridine rings is 1. The smallest absolute Gasteiger partial charge is 0.417 e. The van der Waals surface area contributed by atoms with Crippen LogP contribution in [-0.2, 0) is 12.7 Å². The van der Waals surface area contributed by atoms with Crippen molar-refractivity contribution < 1.29 is 27.4 Å². The number of hydrogen-bond acceptors (Lipinski definition) is 7. The number of nitrogens with zero attached hydrogens (tertiary/aromatic N) is 2. The molecule has 5 rings (SSSR count). The van der Waals surface area contributed by atoms with Crippen molar-refractivity contribution in [1.82, 2.24) is 4.57 Å². The van der Waals surface area contributed by atoms with Crippen LogP contribution in [0, 0.1) is 0 Å². The zero-order chi connectivity index (χ0) is 28.8. The highest BCUT2D eigenvalue weighted by molar-refractivity contribution is 7.99. The number of rotatable bonds is 6. The molecule has 7 nitrogen and oxygen atoms in total. The fourth-order valence-electron chi connectivity index (χ4n) is 4.41. The van der Waals surface area contributed by atoms with E-state index in [4.69, 9.17) is 9.15 Å². The van der Waals surface area contributed by atoms with Gasteiger partial charge in [0.25, 0.3) is 5.56 Å². The highest BCUT2D eigenvalue weighted by Crippen LogP contribution is 2.42. The van der Waals surface area contributed by atoms with Gasteiger partial charge in [0, 0.05) is 30.1 Å². The summed E-state index contributed by atoms with van der Waals surface area (Å²) in [6.07, 6.45) is -4.69. The summed E-state index contributed by atoms with van der Waals surface area (Å²) in [6, 6.07) is 16.9. The second-order valence-electron chi connectivity index (χ2n) is 9.20. The van der Waals surface area contributed by atoms with Gasteiger partial charge in [-0.3, -0.25) is 4.79 Å².